The molecule has 0 bridgehead atoms. The van der Waals surface area contributed by atoms with Crippen LogP contribution in [0.5, 0.6) is 0 Å². The molecule has 0 aliphatic carbocycles. The van der Waals surface area contributed by atoms with Crippen LogP contribution in [0.3, 0.4) is 0 Å². The Labute approximate surface area is 124 Å². The highest BCUT2D eigenvalue weighted by Gasteiger charge is 2.29. The molecule has 20 heavy (non-hydrogen) atoms. The number of hydrogen-bond donors (Lipinski definition) is 1. The standard InChI is InChI=1S/C17H29N3/c1-9-12-13(10-2)15(19-16(3,4)5)20(14(12)11-18)17(6,7)8/h19H,9-10H2,1-8H3. The van der Waals surface area contributed by atoms with Gasteiger partial charge in [0.25, 0.3) is 0 Å². The molecule has 0 amide bonds. The number of nitrogens with one attached hydrogen (secondary N) is 1. The lowest BCUT2D eigenvalue weighted by atomic mass is 10.0. The van der Waals surface area contributed by atoms with E-state index in [9.17, 15) is 5.26 Å². The van der Waals surface area contributed by atoms with Gasteiger partial charge in [-0.15, -0.1) is 0 Å². The lowest BCUT2D eigenvalue weighted by molar-refractivity contribution is 0.395. The van der Waals surface area contributed by atoms with Crippen molar-refractivity contribution >= 4 is 5.82 Å². The molecule has 0 spiro atoms. The van der Waals surface area contributed by atoms with Crippen molar-refractivity contribution in [1.82, 2.24) is 4.57 Å². The minimum atomic E-state index is -0.115. The highest BCUT2D eigenvalue weighted by atomic mass is 15.2. The second-order valence-electron chi connectivity index (χ2n) is 7.35. The molecule has 0 saturated carbocycles. The Bertz CT molecular complexity index is 516. The van der Waals surface area contributed by atoms with Gasteiger partial charge in [0.2, 0.25) is 0 Å². The van der Waals surface area contributed by atoms with Gasteiger partial charge in [0.1, 0.15) is 17.6 Å². The summed E-state index contributed by atoms with van der Waals surface area (Å²) in [5, 5.41) is 13.2. The lowest BCUT2D eigenvalue weighted by Crippen LogP contribution is -2.32. The Kier molecular flexibility index (Phi) is 4.59. The lowest BCUT2D eigenvalue weighted by Gasteiger charge is -2.30. The van der Waals surface area contributed by atoms with Crippen LogP contribution < -0.4 is 5.32 Å². The fraction of sp³-hybridized carbons (Fsp3) is 0.706. The summed E-state index contributed by atoms with van der Waals surface area (Å²) in [6, 6.07) is 2.43. The maximum atomic E-state index is 9.63. The van der Waals surface area contributed by atoms with Crippen LogP contribution >= 0.6 is 0 Å². The molecule has 0 aromatic carbocycles. The van der Waals surface area contributed by atoms with Crippen molar-refractivity contribution in [1.29, 1.82) is 5.26 Å². The van der Waals surface area contributed by atoms with Crippen molar-refractivity contribution in [3.8, 4) is 6.07 Å². The topological polar surface area (TPSA) is 40.8 Å². The summed E-state index contributed by atoms with van der Waals surface area (Å²) >= 11 is 0. The van der Waals surface area contributed by atoms with Gasteiger partial charge in [-0.3, -0.25) is 0 Å². The molecule has 1 aromatic heterocycles. The molecular weight excluding hydrogens is 246 g/mol. The monoisotopic (exact) mass is 275 g/mol. The summed E-state index contributed by atoms with van der Waals surface area (Å²) in [4.78, 5) is 0. The molecule has 112 valence electrons. The summed E-state index contributed by atoms with van der Waals surface area (Å²) in [6.45, 7) is 17.2. The number of anilines is 1. The van der Waals surface area contributed by atoms with Crippen LogP contribution in [0.1, 0.15) is 72.2 Å². The van der Waals surface area contributed by atoms with Crippen LogP contribution in [0.4, 0.5) is 5.82 Å². The zero-order chi connectivity index (χ0) is 15.7. The van der Waals surface area contributed by atoms with Gasteiger partial charge in [0.05, 0.1) is 0 Å². The van der Waals surface area contributed by atoms with E-state index in [-0.39, 0.29) is 11.1 Å². The van der Waals surface area contributed by atoms with E-state index in [1.165, 1.54) is 11.1 Å². The molecule has 1 rings (SSSR count). The first-order chi connectivity index (χ1) is 9.06. The van der Waals surface area contributed by atoms with Crippen molar-refractivity contribution in [2.24, 2.45) is 0 Å². The highest BCUT2D eigenvalue weighted by molar-refractivity contribution is 5.60. The Morgan fingerprint density at radius 1 is 1.00 bits per heavy atom. The molecule has 1 N–H and O–H groups in total. The van der Waals surface area contributed by atoms with Crippen molar-refractivity contribution in [2.45, 2.75) is 79.3 Å². The fourth-order valence-electron chi connectivity index (χ4n) is 2.70. The summed E-state index contributed by atoms with van der Waals surface area (Å²) in [5.74, 6) is 1.11. The average molecular weight is 275 g/mol. The van der Waals surface area contributed by atoms with E-state index >= 15 is 0 Å². The molecule has 0 radical (unpaired) electrons. The minimum Gasteiger partial charge on any atom is -0.367 e. The first-order valence-corrected chi connectivity index (χ1v) is 7.52. The van der Waals surface area contributed by atoms with Crippen LogP contribution in [0.15, 0.2) is 0 Å². The van der Waals surface area contributed by atoms with Gasteiger partial charge in [-0.05, 0) is 65.5 Å². The van der Waals surface area contributed by atoms with Gasteiger partial charge < -0.3 is 9.88 Å². The van der Waals surface area contributed by atoms with E-state index in [2.05, 4.69) is 71.3 Å². The van der Waals surface area contributed by atoms with E-state index in [1.54, 1.807) is 0 Å². The smallest absolute Gasteiger partial charge is 0.125 e. The van der Waals surface area contributed by atoms with Crippen molar-refractivity contribution < 1.29 is 0 Å². The van der Waals surface area contributed by atoms with Crippen LogP contribution in [0.2, 0.25) is 0 Å². The van der Waals surface area contributed by atoms with E-state index in [0.29, 0.717) is 0 Å². The summed E-state index contributed by atoms with van der Waals surface area (Å²) in [7, 11) is 0. The SMILES string of the molecule is CCc1c(CC)c(NC(C)(C)C)n(C(C)(C)C)c1C#N. The van der Waals surface area contributed by atoms with E-state index in [4.69, 9.17) is 0 Å². The van der Waals surface area contributed by atoms with Gasteiger partial charge in [-0.2, -0.15) is 5.26 Å². The molecule has 0 unspecified atom stereocenters. The molecule has 0 aliphatic heterocycles. The molecule has 0 saturated heterocycles. The Morgan fingerprint density at radius 2 is 1.50 bits per heavy atom. The number of hydrogen-bond acceptors (Lipinski definition) is 2. The van der Waals surface area contributed by atoms with Crippen molar-refractivity contribution in [3.63, 3.8) is 0 Å². The maximum absolute atomic E-state index is 9.63. The quantitative estimate of drug-likeness (QED) is 0.885. The Hall–Kier alpha value is -1.43. The van der Waals surface area contributed by atoms with E-state index in [1.807, 2.05) is 0 Å². The average Bonchev–Trinajstić information content (AvgIpc) is 2.58. The van der Waals surface area contributed by atoms with Crippen LogP contribution in [-0.2, 0) is 18.4 Å². The van der Waals surface area contributed by atoms with Gasteiger partial charge in [0, 0.05) is 11.1 Å². The van der Waals surface area contributed by atoms with Crippen molar-refractivity contribution in [2.75, 3.05) is 5.32 Å². The molecule has 0 fully saturated rings. The summed E-state index contributed by atoms with van der Waals surface area (Å²) < 4.78 is 2.18. The third-order valence-corrected chi connectivity index (χ3v) is 3.36. The Balaban J connectivity index is 3.69. The molecule has 0 atom stereocenters. The predicted octanol–water partition coefficient (Wildman–Crippen LogP) is 4.45. The fourth-order valence-corrected chi connectivity index (χ4v) is 2.70. The molecule has 1 aromatic rings. The largest absolute Gasteiger partial charge is 0.367 e. The van der Waals surface area contributed by atoms with Gasteiger partial charge in [-0.25, -0.2) is 0 Å². The molecule has 3 heteroatoms. The molecule has 0 aliphatic rings. The number of aromatic nitrogens is 1. The maximum Gasteiger partial charge on any atom is 0.125 e. The summed E-state index contributed by atoms with van der Waals surface area (Å²) in [5.41, 5.74) is 3.15. The minimum absolute atomic E-state index is 0.0248. The van der Waals surface area contributed by atoms with E-state index in [0.717, 1.165) is 24.4 Å². The first kappa shape index (κ1) is 16.6. The van der Waals surface area contributed by atoms with Crippen molar-refractivity contribution in [3.05, 3.63) is 16.8 Å². The third kappa shape index (κ3) is 3.17. The number of nitriles is 1. The van der Waals surface area contributed by atoms with Gasteiger partial charge in [-0.1, -0.05) is 13.8 Å². The van der Waals surface area contributed by atoms with Gasteiger partial charge >= 0.3 is 0 Å². The van der Waals surface area contributed by atoms with Crippen LogP contribution in [0, 0.1) is 11.3 Å². The molecule has 3 nitrogen and oxygen atoms in total. The molecule has 1 heterocycles. The zero-order valence-electron chi connectivity index (χ0n) is 14.3. The molecular formula is C17H29N3. The van der Waals surface area contributed by atoms with Crippen LogP contribution in [-0.4, -0.2) is 10.1 Å². The second kappa shape index (κ2) is 5.52. The predicted molar refractivity (Wildman–Crippen MR) is 86.3 cm³/mol. The number of nitrogens with zero attached hydrogens (tertiary/aromatic N) is 2. The second-order valence-corrected chi connectivity index (χ2v) is 7.35. The van der Waals surface area contributed by atoms with Crippen LogP contribution in [0.25, 0.3) is 0 Å². The van der Waals surface area contributed by atoms with Gasteiger partial charge in [0.15, 0.2) is 0 Å². The summed E-state index contributed by atoms with van der Waals surface area (Å²) in [6.07, 6.45) is 1.84. The highest BCUT2D eigenvalue weighted by Crippen LogP contribution is 2.35. The third-order valence-electron chi connectivity index (χ3n) is 3.36. The normalized spacial score (nSPS) is 12.3. The Morgan fingerprint density at radius 3 is 1.80 bits per heavy atom. The number of rotatable bonds is 3. The van der Waals surface area contributed by atoms with E-state index < -0.39 is 0 Å². The zero-order valence-corrected chi connectivity index (χ0v) is 14.3. The first-order valence-electron chi connectivity index (χ1n) is 7.52.